The number of halogens is 1. The Morgan fingerprint density at radius 3 is 2.75 bits per heavy atom. The van der Waals surface area contributed by atoms with E-state index >= 15 is 0 Å². The molecule has 1 aromatic carbocycles. The molecule has 1 unspecified atom stereocenters. The summed E-state index contributed by atoms with van der Waals surface area (Å²) in [5.41, 5.74) is 0.258. The lowest BCUT2D eigenvalue weighted by molar-refractivity contribution is 0.0698. The lowest BCUT2D eigenvalue weighted by Gasteiger charge is -2.15. The fourth-order valence-corrected chi connectivity index (χ4v) is 1.88. The molecule has 0 aliphatic rings. The summed E-state index contributed by atoms with van der Waals surface area (Å²) in [4.78, 5) is 22.9. The van der Waals surface area contributed by atoms with E-state index in [1.54, 1.807) is 13.0 Å². The fourth-order valence-electron chi connectivity index (χ4n) is 1.52. The van der Waals surface area contributed by atoms with Gasteiger partial charge in [0.15, 0.2) is 0 Å². The van der Waals surface area contributed by atoms with Gasteiger partial charge in [0.2, 0.25) is 0 Å². The molecule has 1 atom stereocenters. The highest BCUT2D eigenvalue weighted by Gasteiger charge is 2.14. The predicted molar refractivity (Wildman–Crippen MR) is 79.2 cm³/mol. The topological polar surface area (TPSA) is 87.7 Å². The summed E-state index contributed by atoms with van der Waals surface area (Å²) in [5.74, 6) is -1.11. The molecule has 0 aromatic heterocycles. The van der Waals surface area contributed by atoms with Crippen molar-refractivity contribution >= 4 is 33.6 Å². The number of carboxylic acid groups (broad SMARTS) is 1. The SMILES string of the molecule is CCOCC(C)NC(=O)Nc1ccc(Br)cc1C(=O)O. The largest absolute Gasteiger partial charge is 0.478 e. The quantitative estimate of drug-likeness (QED) is 0.740. The van der Waals surface area contributed by atoms with Crippen molar-refractivity contribution in [3.8, 4) is 0 Å². The molecule has 0 radical (unpaired) electrons. The Morgan fingerprint density at radius 2 is 2.15 bits per heavy atom. The number of aromatic carboxylic acids is 1. The normalized spacial score (nSPS) is 11.8. The van der Waals surface area contributed by atoms with Crippen LogP contribution in [0.1, 0.15) is 24.2 Å². The number of hydrogen-bond donors (Lipinski definition) is 3. The second-order valence-corrected chi connectivity index (χ2v) is 5.07. The summed E-state index contributed by atoms with van der Waals surface area (Å²) in [6.45, 7) is 4.64. The standard InChI is InChI=1S/C13H17BrN2O4/c1-3-20-7-8(2)15-13(19)16-11-5-4-9(14)6-10(11)12(17)18/h4-6,8H,3,7H2,1-2H3,(H,17,18)(H2,15,16,19). The first kappa shape index (κ1) is 16.5. The molecule has 0 saturated carbocycles. The van der Waals surface area contributed by atoms with Crippen molar-refractivity contribution in [1.29, 1.82) is 0 Å². The van der Waals surface area contributed by atoms with Crippen molar-refractivity contribution in [3.05, 3.63) is 28.2 Å². The molecule has 0 heterocycles. The molecule has 6 nitrogen and oxygen atoms in total. The highest BCUT2D eigenvalue weighted by molar-refractivity contribution is 9.10. The summed E-state index contributed by atoms with van der Waals surface area (Å²) in [5, 5.41) is 14.3. The van der Waals surface area contributed by atoms with Gasteiger partial charge in [0.25, 0.3) is 0 Å². The van der Waals surface area contributed by atoms with Crippen LogP contribution in [-0.4, -0.2) is 36.4 Å². The van der Waals surface area contributed by atoms with E-state index in [0.29, 0.717) is 17.7 Å². The number of urea groups is 1. The van der Waals surface area contributed by atoms with Crippen LogP contribution in [0.5, 0.6) is 0 Å². The molecular formula is C13H17BrN2O4. The van der Waals surface area contributed by atoms with Gasteiger partial charge in [-0.2, -0.15) is 0 Å². The molecule has 0 bridgehead atoms. The molecule has 7 heteroatoms. The molecule has 20 heavy (non-hydrogen) atoms. The van der Waals surface area contributed by atoms with Gasteiger partial charge < -0.3 is 20.5 Å². The van der Waals surface area contributed by atoms with Crippen LogP contribution in [0.4, 0.5) is 10.5 Å². The number of ether oxygens (including phenoxy) is 1. The summed E-state index contributed by atoms with van der Waals surface area (Å²) in [6, 6.07) is 3.98. The van der Waals surface area contributed by atoms with Gasteiger partial charge >= 0.3 is 12.0 Å². The van der Waals surface area contributed by atoms with Crippen LogP contribution in [0.25, 0.3) is 0 Å². The molecule has 0 fully saturated rings. The first-order valence-electron chi connectivity index (χ1n) is 6.12. The lowest BCUT2D eigenvalue weighted by Crippen LogP contribution is -2.39. The average molecular weight is 345 g/mol. The average Bonchev–Trinajstić information content (AvgIpc) is 2.38. The van der Waals surface area contributed by atoms with Gasteiger partial charge in [-0.1, -0.05) is 15.9 Å². The van der Waals surface area contributed by atoms with Gasteiger partial charge in [0.05, 0.1) is 23.9 Å². The number of nitrogens with one attached hydrogen (secondary N) is 2. The van der Waals surface area contributed by atoms with E-state index in [4.69, 9.17) is 9.84 Å². The van der Waals surface area contributed by atoms with E-state index < -0.39 is 12.0 Å². The number of carbonyl (C=O) groups is 2. The number of hydrogen-bond acceptors (Lipinski definition) is 3. The maximum atomic E-state index is 11.8. The molecule has 1 rings (SSSR count). The molecular weight excluding hydrogens is 328 g/mol. The highest BCUT2D eigenvalue weighted by Crippen LogP contribution is 2.21. The maximum absolute atomic E-state index is 11.8. The van der Waals surface area contributed by atoms with E-state index in [1.165, 1.54) is 12.1 Å². The molecule has 2 amide bonds. The number of amides is 2. The van der Waals surface area contributed by atoms with Crippen LogP contribution in [-0.2, 0) is 4.74 Å². The fraction of sp³-hybridized carbons (Fsp3) is 0.385. The Labute approximate surface area is 125 Å². The number of anilines is 1. The highest BCUT2D eigenvalue weighted by atomic mass is 79.9. The second-order valence-electron chi connectivity index (χ2n) is 4.15. The minimum Gasteiger partial charge on any atom is -0.478 e. The van der Waals surface area contributed by atoms with Gasteiger partial charge in [-0.25, -0.2) is 9.59 Å². The zero-order valence-electron chi connectivity index (χ0n) is 11.3. The molecule has 0 aliphatic carbocycles. The van der Waals surface area contributed by atoms with E-state index in [0.717, 1.165) is 0 Å². The van der Waals surface area contributed by atoms with Gasteiger partial charge in [-0.15, -0.1) is 0 Å². The maximum Gasteiger partial charge on any atom is 0.337 e. The molecule has 1 aromatic rings. The first-order chi connectivity index (χ1) is 9.43. The first-order valence-corrected chi connectivity index (χ1v) is 6.91. The number of rotatable bonds is 6. The molecule has 110 valence electrons. The van der Waals surface area contributed by atoms with E-state index in [9.17, 15) is 9.59 Å². The summed E-state index contributed by atoms with van der Waals surface area (Å²) >= 11 is 3.19. The Hall–Kier alpha value is -1.60. The smallest absolute Gasteiger partial charge is 0.337 e. The van der Waals surface area contributed by atoms with Gasteiger partial charge in [-0.3, -0.25) is 0 Å². The van der Waals surface area contributed by atoms with Crippen LogP contribution in [0.15, 0.2) is 22.7 Å². The van der Waals surface area contributed by atoms with Gasteiger partial charge in [0, 0.05) is 11.1 Å². The zero-order chi connectivity index (χ0) is 15.1. The molecule has 0 spiro atoms. The van der Waals surface area contributed by atoms with E-state index in [-0.39, 0.29) is 17.3 Å². The molecule has 0 aliphatic heterocycles. The van der Waals surface area contributed by atoms with Gasteiger partial charge in [-0.05, 0) is 32.0 Å². The number of carbonyl (C=O) groups excluding carboxylic acids is 1. The van der Waals surface area contributed by atoms with Crippen LogP contribution in [0.3, 0.4) is 0 Å². The van der Waals surface area contributed by atoms with Crippen LogP contribution in [0, 0.1) is 0 Å². The zero-order valence-corrected chi connectivity index (χ0v) is 12.9. The Balaban J connectivity index is 2.68. The van der Waals surface area contributed by atoms with Crippen LogP contribution >= 0.6 is 15.9 Å². The third-order valence-electron chi connectivity index (χ3n) is 2.41. The number of benzene rings is 1. The summed E-state index contributed by atoms with van der Waals surface area (Å²) in [7, 11) is 0. The molecule has 3 N–H and O–H groups in total. The minimum absolute atomic E-state index is 0.0204. The summed E-state index contributed by atoms with van der Waals surface area (Å²) < 4.78 is 5.81. The van der Waals surface area contributed by atoms with Crippen LogP contribution < -0.4 is 10.6 Å². The Kier molecular flexibility index (Phi) is 6.47. The van der Waals surface area contributed by atoms with E-state index in [2.05, 4.69) is 26.6 Å². The van der Waals surface area contributed by atoms with Crippen molar-refractivity contribution < 1.29 is 19.4 Å². The third-order valence-corrected chi connectivity index (χ3v) is 2.90. The Morgan fingerprint density at radius 1 is 1.45 bits per heavy atom. The molecule has 0 saturated heterocycles. The summed E-state index contributed by atoms with van der Waals surface area (Å²) in [6.07, 6.45) is 0. The van der Waals surface area contributed by atoms with Crippen molar-refractivity contribution in [2.24, 2.45) is 0 Å². The van der Waals surface area contributed by atoms with Crippen molar-refractivity contribution in [3.63, 3.8) is 0 Å². The van der Waals surface area contributed by atoms with E-state index in [1.807, 2.05) is 6.92 Å². The lowest BCUT2D eigenvalue weighted by atomic mass is 10.2. The van der Waals surface area contributed by atoms with Gasteiger partial charge in [0.1, 0.15) is 0 Å². The van der Waals surface area contributed by atoms with Crippen molar-refractivity contribution in [2.75, 3.05) is 18.5 Å². The third kappa shape index (κ3) is 5.18. The van der Waals surface area contributed by atoms with Crippen LogP contribution in [0.2, 0.25) is 0 Å². The Bertz CT molecular complexity index is 493. The van der Waals surface area contributed by atoms with Crippen molar-refractivity contribution in [1.82, 2.24) is 5.32 Å². The monoisotopic (exact) mass is 344 g/mol. The van der Waals surface area contributed by atoms with Crippen molar-refractivity contribution in [2.45, 2.75) is 19.9 Å². The predicted octanol–water partition coefficient (Wildman–Crippen LogP) is 2.69. The minimum atomic E-state index is -1.11. The second kappa shape index (κ2) is 7.86. The number of carboxylic acids is 1.